The van der Waals surface area contributed by atoms with Gasteiger partial charge in [0.15, 0.2) is 0 Å². The number of aromatic nitrogens is 2. The van der Waals surface area contributed by atoms with E-state index in [0.717, 1.165) is 36.2 Å². The van der Waals surface area contributed by atoms with Crippen LogP contribution in [0.3, 0.4) is 0 Å². The number of pyridine rings is 1. The lowest BCUT2D eigenvalue weighted by Gasteiger charge is -2.35. The number of imidazole rings is 1. The minimum Gasteiger partial charge on any atom is -0.330 e. The molecule has 0 unspecified atom stereocenters. The summed E-state index contributed by atoms with van der Waals surface area (Å²) in [6, 6.07) is 12.3. The second-order valence-corrected chi connectivity index (χ2v) is 6.59. The Balaban J connectivity index is 1.69. The van der Waals surface area contributed by atoms with Crippen molar-refractivity contribution < 1.29 is 9.18 Å². The number of hydrogen-bond donors (Lipinski definition) is 0. The molecular weight excluding hydrogens is 317 g/mol. The Bertz CT molecular complexity index is 934. The standard InChI is InChI=1S/C20H20FN3O/c1-14-6-4-10-19-22-17(13-24(14)19)20(25)23-11-3-2-9-18(23)15-7-5-8-16(21)12-15/h4-8,10,12-13,18H,2-3,9,11H2,1H3/t18-/m1/s1. The van der Waals surface area contributed by atoms with Gasteiger partial charge in [-0.15, -0.1) is 0 Å². The Morgan fingerprint density at radius 3 is 2.84 bits per heavy atom. The first-order valence-electron chi connectivity index (χ1n) is 8.64. The number of hydrogen-bond acceptors (Lipinski definition) is 2. The number of halogens is 1. The summed E-state index contributed by atoms with van der Waals surface area (Å²) in [5.74, 6) is -0.351. The van der Waals surface area contributed by atoms with E-state index in [1.165, 1.54) is 12.1 Å². The van der Waals surface area contributed by atoms with Crippen molar-refractivity contribution in [3.05, 3.63) is 71.4 Å². The van der Waals surface area contributed by atoms with Gasteiger partial charge in [-0.1, -0.05) is 18.2 Å². The topological polar surface area (TPSA) is 37.6 Å². The summed E-state index contributed by atoms with van der Waals surface area (Å²) < 4.78 is 15.6. The number of likely N-dealkylation sites (tertiary alicyclic amines) is 1. The van der Waals surface area contributed by atoms with Crippen molar-refractivity contribution in [2.24, 2.45) is 0 Å². The van der Waals surface area contributed by atoms with Gasteiger partial charge in [0, 0.05) is 18.4 Å². The molecule has 1 atom stereocenters. The number of amides is 1. The fourth-order valence-corrected chi connectivity index (χ4v) is 3.63. The molecule has 1 aliphatic rings. The van der Waals surface area contributed by atoms with Crippen molar-refractivity contribution >= 4 is 11.6 Å². The number of rotatable bonds is 2. The van der Waals surface area contributed by atoms with Crippen LogP contribution in [0.25, 0.3) is 5.65 Å². The van der Waals surface area contributed by atoms with Gasteiger partial charge in [0.05, 0.1) is 6.04 Å². The molecule has 2 aromatic heterocycles. The first kappa shape index (κ1) is 15.8. The average Bonchev–Trinajstić information content (AvgIpc) is 3.07. The predicted molar refractivity (Wildman–Crippen MR) is 94.0 cm³/mol. The predicted octanol–water partition coefficient (Wildman–Crippen LogP) is 4.15. The lowest BCUT2D eigenvalue weighted by molar-refractivity contribution is 0.0605. The van der Waals surface area contributed by atoms with E-state index in [1.54, 1.807) is 12.3 Å². The first-order valence-corrected chi connectivity index (χ1v) is 8.64. The van der Waals surface area contributed by atoms with Crippen LogP contribution in [0, 0.1) is 12.7 Å². The number of fused-ring (bicyclic) bond motifs is 1. The van der Waals surface area contributed by atoms with Gasteiger partial charge in [-0.3, -0.25) is 4.79 Å². The van der Waals surface area contributed by atoms with Crippen LogP contribution < -0.4 is 0 Å². The SMILES string of the molecule is Cc1cccc2nc(C(=O)N3CCCC[C@@H]3c3cccc(F)c3)cn12. The van der Waals surface area contributed by atoms with Crippen molar-refractivity contribution in [3.63, 3.8) is 0 Å². The smallest absolute Gasteiger partial charge is 0.274 e. The summed E-state index contributed by atoms with van der Waals surface area (Å²) in [5, 5.41) is 0. The first-order chi connectivity index (χ1) is 12.1. The molecular formula is C20H20FN3O. The summed E-state index contributed by atoms with van der Waals surface area (Å²) in [5.41, 5.74) is 3.10. The van der Waals surface area contributed by atoms with E-state index in [-0.39, 0.29) is 17.8 Å². The van der Waals surface area contributed by atoms with Crippen LogP contribution in [-0.2, 0) is 0 Å². The zero-order chi connectivity index (χ0) is 17.4. The molecule has 1 saturated heterocycles. The summed E-state index contributed by atoms with van der Waals surface area (Å²) >= 11 is 0. The fourth-order valence-electron chi connectivity index (χ4n) is 3.63. The van der Waals surface area contributed by atoms with Gasteiger partial charge in [0.1, 0.15) is 17.2 Å². The molecule has 0 bridgehead atoms. The molecule has 4 nitrogen and oxygen atoms in total. The van der Waals surface area contributed by atoms with E-state index < -0.39 is 0 Å². The average molecular weight is 337 g/mol. The molecule has 0 radical (unpaired) electrons. The molecule has 1 fully saturated rings. The van der Waals surface area contributed by atoms with Crippen LogP contribution in [0.1, 0.15) is 47.1 Å². The van der Waals surface area contributed by atoms with Crippen LogP contribution in [0.5, 0.6) is 0 Å². The number of piperidine rings is 1. The van der Waals surface area contributed by atoms with Crippen LogP contribution in [0.4, 0.5) is 4.39 Å². The maximum absolute atomic E-state index is 13.6. The van der Waals surface area contributed by atoms with E-state index in [4.69, 9.17) is 0 Å². The van der Waals surface area contributed by atoms with E-state index in [2.05, 4.69) is 4.98 Å². The molecule has 0 spiro atoms. The van der Waals surface area contributed by atoms with Crippen molar-refractivity contribution in [1.29, 1.82) is 0 Å². The van der Waals surface area contributed by atoms with Crippen LogP contribution in [0.15, 0.2) is 48.7 Å². The number of aryl methyl sites for hydroxylation is 1. The van der Waals surface area contributed by atoms with Crippen molar-refractivity contribution in [1.82, 2.24) is 14.3 Å². The highest BCUT2D eigenvalue weighted by Gasteiger charge is 2.30. The van der Waals surface area contributed by atoms with Crippen LogP contribution in [0.2, 0.25) is 0 Å². The van der Waals surface area contributed by atoms with Gasteiger partial charge >= 0.3 is 0 Å². The molecule has 0 aliphatic carbocycles. The summed E-state index contributed by atoms with van der Waals surface area (Å²) in [7, 11) is 0. The number of carbonyl (C=O) groups excluding carboxylic acids is 1. The fraction of sp³-hybridized carbons (Fsp3) is 0.300. The van der Waals surface area contributed by atoms with Gasteiger partial charge < -0.3 is 9.30 Å². The third-order valence-electron chi connectivity index (χ3n) is 4.91. The lowest BCUT2D eigenvalue weighted by atomic mass is 9.95. The Labute approximate surface area is 145 Å². The molecule has 1 amide bonds. The van der Waals surface area contributed by atoms with Gasteiger partial charge in [0.2, 0.25) is 0 Å². The molecule has 1 aliphatic heterocycles. The van der Waals surface area contributed by atoms with E-state index in [0.29, 0.717) is 12.2 Å². The number of carbonyl (C=O) groups is 1. The van der Waals surface area contributed by atoms with Gasteiger partial charge in [-0.25, -0.2) is 9.37 Å². The zero-order valence-electron chi connectivity index (χ0n) is 14.2. The zero-order valence-corrected chi connectivity index (χ0v) is 14.2. The molecule has 4 rings (SSSR count). The quantitative estimate of drug-likeness (QED) is 0.704. The normalized spacial score (nSPS) is 17.8. The minimum atomic E-state index is -0.265. The molecule has 5 heteroatoms. The Kier molecular flexibility index (Phi) is 3.99. The molecule has 3 aromatic rings. The molecule has 0 N–H and O–H groups in total. The Hall–Kier alpha value is -2.69. The number of nitrogens with zero attached hydrogens (tertiary/aromatic N) is 3. The minimum absolute atomic E-state index is 0.0861. The molecule has 128 valence electrons. The van der Waals surface area contributed by atoms with Gasteiger partial charge in [0.25, 0.3) is 5.91 Å². The van der Waals surface area contributed by atoms with Crippen molar-refractivity contribution in [3.8, 4) is 0 Å². The molecule has 3 heterocycles. The van der Waals surface area contributed by atoms with Gasteiger partial charge in [-0.2, -0.15) is 0 Å². The third-order valence-corrected chi connectivity index (χ3v) is 4.91. The number of benzene rings is 1. The molecule has 0 saturated carbocycles. The monoisotopic (exact) mass is 337 g/mol. The van der Waals surface area contributed by atoms with E-state index in [9.17, 15) is 9.18 Å². The highest BCUT2D eigenvalue weighted by Crippen LogP contribution is 2.32. The summed E-state index contributed by atoms with van der Waals surface area (Å²) in [4.78, 5) is 19.4. The third kappa shape index (κ3) is 2.90. The highest BCUT2D eigenvalue weighted by atomic mass is 19.1. The largest absolute Gasteiger partial charge is 0.330 e. The summed E-state index contributed by atoms with van der Waals surface area (Å²) in [6.45, 7) is 2.66. The van der Waals surface area contributed by atoms with Crippen molar-refractivity contribution in [2.75, 3.05) is 6.54 Å². The Morgan fingerprint density at radius 2 is 2.04 bits per heavy atom. The van der Waals surface area contributed by atoms with Crippen molar-refractivity contribution in [2.45, 2.75) is 32.2 Å². The van der Waals surface area contributed by atoms with Crippen LogP contribution in [-0.4, -0.2) is 26.7 Å². The molecule has 25 heavy (non-hydrogen) atoms. The highest BCUT2D eigenvalue weighted by molar-refractivity contribution is 5.93. The van der Waals surface area contributed by atoms with E-state index in [1.807, 2.05) is 40.5 Å². The van der Waals surface area contributed by atoms with E-state index >= 15 is 0 Å². The Morgan fingerprint density at radius 1 is 1.20 bits per heavy atom. The summed E-state index contributed by atoms with van der Waals surface area (Å²) in [6.07, 6.45) is 4.64. The molecule has 1 aromatic carbocycles. The van der Waals surface area contributed by atoms with Crippen LogP contribution >= 0.6 is 0 Å². The second-order valence-electron chi connectivity index (χ2n) is 6.59. The van der Waals surface area contributed by atoms with Gasteiger partial charge in [-0.05, 0) is 56.0 Å². The maximum Gasteiger partial charge on any atom is 0.274 e. The second kappa shape index (κ2) is 6.31. The lowest BCUT2D eigenvalue weighted by Crippen LogP contribution is -2.38. The maximum atomic E-state index is 13.6.